The molecule has 7 heteroatoms. The molecule has 0 aliphatic heterocycles. The van der Waals surface area contributed by atoms with Crippen molar-refractivity contribution in [2.75, 3.05) is 0 Å². The van der Waals surface area contributed by atoms with E-state index < -0.39 is 0 Å². The minimum atomic E-state index is -0.114. The molecule has 4 rings (SSSR count). The van der Waals surface area contributed by atoms with Crippen LogP contribution in [-0.4, -0.2) is 19.8 Å². The zero-order valence-electron chi connectivity index (χ0n) is 13.3. The van der Waals surface area contributed by atoms with Gasteiger partial charge in [-0.25, -0.2) is 0 Å². The summed E-state index contributed by atoms with van der Waals surface area (Å²) < 4.78 is 13.2. The Bertz CT molecular complexity index is 957. The number of aryl methyl sites for hydroxylation is 1. The van der Waals surface area contributed by atoms with Crippen LogP contribution in [0.5, 0.6) is 5.75 Å². The van der Waals surface area contributed by atoms with Crippen molar-refractivity contribution in [2.24, 2.45) is 0 Å². The summed E-state index contributed by atoms with van der Waals surface area (Å²) in [5.41, 5.74) is 0.899. The molecule has 1 aromatic carbocycles. The maximum Gasteiger partial charge on any atom is 0.235 e. The largest absolute Gasteiger partial charge is 0.483 e. The molecule has 0 unspecified atom stereocenters. The third-order valence-corrected chi connectivity index (χ3v) is 4.76. The number of ether oxygens (including phenoxy) is 1. The summed E-state index contributed by atoms with van der Waals surface area (Å²) in [7, 11) is 0. The fraction of sp³-hybridized carbons (Fsp3) is 0.235. The lowest BCUT2D eigenvalue weighted by Gasteiger charge is -2.14. The Balaban J connectivity index is 1.69. The van der Waals surface area contributed by atoms with Crippen LogP contribution in [-0.2, 0) is 0 Å². The van der Waals surface area contributed by atoms with Gasteiger partial charge in [0, 0.05) is 0 Å². The van der Waals surface area contributed by atoms with E-state index in [1.165, 1.54) is 11.3 Å². The van der Waals surface area contributed by atoms with E-state index in [2.05, 4.69) is 22.2 Å². The van der Waals surface area contributed by atoms with E-state index in [4.69, 9.17) is 9.15 Å². The summed E-state index contributed by atoms with van der Waals surface area (Å²) in [4.78, 5) is 0.746. The van der Waals surface area contributed by atoms with Gasteiger partial charge in [0.1, 0.15) is 11.5 Å². The molecule has 122 valence electrons. The van der Waals surface area contributed by atoms with Crippen LogP contribution in [0.3, 0.4) is 0 Å². The van der Waals surface area contributed by atoms with Gasteiger partial charge < -0.3 is 9.15 Å². The Kier molecular flexibility index (Phi) is 3.78. The number of hydrogen-bond donors (Lipinski definition) is 0. The van der Waals surface area contributed by atoms with E-state index in [0.29, 0.717) is 5.82 Å². The Hall–Kier alpha value is -2.67. The molecule has 0 saturated carbocycles. The van der Waals surface area contributed by atoms with Crippen molar-refractivity contribution in [3.63, 3.8) is 0 Å². The molecule has 0 fully saturated rings. The van der Waals surface area contributed by atoms with Gasteiger partial charge in [-0.1, -0.05) is 36.5 Å². The van der Waals surface area contributed by atoms with Crippen LogP contribution in [0.1, 0.15) is 30.2 Å². The van der Waals surface area contributed by atoms with Gasteiger partial charge in [0.25, 0.3) is 0 Å². The van der Waals surface area contributed by atoms with Gasteiger partial charge in [0.2, 0.25) is 4.96 Å². The molecule has 0 aliphatic rings. The number of benzene rings is 1. The molecule has 0 N–H and O–H groups in total. The Morgan fingerprint density at radius 3 is 2.75 bits per heavy atom. The molecular weight excluding hydrogens is 324 g/mol. The monoisotopic (exact) mass is 340 g/mol. The molecule has 0 amide bonds. The molecule has 24 heavy (non-hydrogen) atoms. The summed E-state index contributed by atoms with van der Waals surface area (Å²) in [5.74, 6) is 2.32. The van der Waals surface area contributed by atoms with Crippen LogP contribution in [0.2, 0.25) is 0 Å². The van der Waals surface area contributed by atoms with Crippen molar-refractivity contribution >= 4 is 16.3 Å². The number of hydrogen-bond acceptors (Lipinski definition) is 6. The first-order chi connectivity index (χ1) is 11.8. The smallest absolute Gasteiger partial charge is 0.235 e. The molecule has 3 heterocycles. The number of nitrogens with zero attached hydrogens (tertiary/aromatic N) is 4. The molecule has 1 atom stereocenters. The van der Waals surface area contributed by atoms with Gasteiger partial charge in [0.15, 0.2) is 16.9 Å². The quantitative estimate of drug-likeness (QED) is 0.542. The lowest BCUT2D eigenvalue weighted by atomic mass is 10.2. The summed E-state index contributed by atoms with van der Waals surface area (Å²) in [6.45, 7) is 3.98. The summed E-state index contributed by atoms with van der Waals surface area (Å²) in [6, 6.07) is 11.7. The highest BCUT2D eigenvalue weighted by molar-refractivity contribution is 7.16. The molecule has 4 aromatic rings. The maximum absolute atomic E-state index is 6.07. The molecular formula is C17H16N4O2S. The average Bonchev–Trinajstić information content (AvgIpc) is 3.29. The second-order valence-electron chi connectivity index (χ2n) is 5.38. The molecule has 0 saturated heterocycles. The Labute approximate surface area is 142 Å². The van der Waals surface area contributed by atoms with Gasteiger partial charge in [0.05, 0.1) is 11.8 Å². The highest BCUT2D eigenvalue weighted by Crippen LogP contribution is 2.30. The first-order valence-electron chi connectivity index (χ1n) is 7.74. The third-order valence-electron chi connectivity index (χ3n) is 3.77. The van der Waals surface area contributed by atoms with Gasteiger partial charge in [-0.3, -0.25) is 0 Å². The minimum Gasteiger partial charge on any atom is -0.483 e. The zero-order chi connectivity index (χ0) is 16.5. The van der Waals surface area contributed by atoms with E-state index in [0.717, 1.165) is 33.5 Å². The SMILES string of the molecule is CC[C@H](Oc1ccccc1)c1nn2c(-c3ccoc3C)nnc2s1. The summed E-state index contributed by atoms with van der Waals surface area (Å²) in [5, 5.41) is 14.0. The van der Waals surface area contributed by atoms with Gasteiger partial charge in [-0.2, -0.15) is 9.61 Å². The maximum atomic E-state index is 6.07. The predicted octanol–water partition coefficient (Wildman–Crippen LogP) is 4.28. The van der Waals surface area contributed by atoms with Crippen molar-refractivity contribution in [1.82, 2.24) is 19.8 Å². The zero-order valence-corrected chi connectivity index (χ0v) is 14.2. The van der Waals surface area contributed by atoms with Gasteiger partial charge >= 0.3 is 0 Å². The fourth-order valence-electron chi connectivity index (χ4n) is 2.52. The van der Waals surface area contributed by atoms with Crippen LogP contribution in [0.25, 0.3) is 16.3 Å². The second kappa shape index (κ2) is 6.09. The van der Waals surface area contributed by atoms with Gasteiger partial charge in [-0.05, 0) is 31.5 Å². The molecule has 3 aromatic heterocycles. The Morgan fingerprint density at radius 2 is 2.04 bits per heavy atom. The second-order valence-corrected chi connectivity index (χ2v) is 6.36. The van der Waals surface area contributed by atoms with E-state index in [9.17, 15) is 0 Å². The van der Waals surface area contributed by atoms with Crippen molar-refractivity contribution < 1.29 is 9.15 Å². The van der Waals surface area contributed by atoms with Gasteiger partial charge in [-0.15, -0.1) is 10.2 Å². The van der Waals surface area contributed by atoms with E-state index in [-0.39, 0.29) is 6.10 Å². The highest BCUT2D eigenvalue weighted by Gasteiger charge is 2.21. The number of aromatic nitrogens is 4. The molecule has 6 nitrogen and oxygen atoms in total. The van der Waals surface area contributed by atoms with Crippen LogP contribution >= 0.6 is 11.3 Å². The van der Waals surface area contributed by atoms with Crippen LogP contribution in [0.4, 0.5) is 0 Å². The van der Waals surface area contributed by atoms with Crippen LogP contribution in [0.15, 0.2) is 47.1 Å². The van der Waals surface area contributed by atoms with E-state index >= 15 is 0 Å². The molecule has 0 spiro atoms. The average molecular weight is 340 g/mol. The predicted molar refractivity (Wildman–Crippen MR) is 91.2 cm³/mol. The van der Waals surface area contributed by atoms with Crippen LogP contribution in [0, 0.1) is 6.92 Å². The Morgan fingerprint density at radius 1 is 1.21 bits per heavy atom. The lowest BCUT2D eigenvalue weighted by Crippen LogP contribution is -2.07. The summed E-state index contributed by atoms with van der Waals surface area (Å²) in [6.07, 6.45) is 2.35. The molecule has 0 aliphatic carbocycles. The van der Waals surface area contributed by atoms with Crippen molar-refractivity contribution in [3.8, 4) is 17.1 Å². The van der Waals surface area contributed by atoms with Crippen molar-refractivity contribution in [1.29, 1.82) is 0 Å². The molecule has 0 radical (unpaired) electrons. The van der Waals surface area contributed by atoms with Crippen LogP contribution < -0.4 is 4.74 Å². The van der Waals surface area contributed by atoms with E-state index in [1.54, 1.807) is 10.8 Å². The minimum absolute atomic E-state index is 0.114. The fourth-order valence-corrected chi connectivity index (χ4v) is 3.47. The number of fused-ring (bicyclic) bond motifs is 1. The lowest BCUT2D eigenvalue weighted by molar-refractivity contribution is 0.199. The summed E-state index contributed by atoms with van der Waals surface area (Å²) >= 11 is 1.50. The first-order valence-corrected chi connectivity index (χ1v) is 8.56. The topological polar surface area (TPSA) is 65.5 Å². The third kappa shape index (κ3) is 2.56. The standard InChI is InChI=1S/C17H16N4O2S/c1-3-14(23-12-7-5-4-6-8-12)16-20-21-15(18-19-17(21)24-16)13-9-10-22-11(13)2/h4-10,14H,3H2,1-2H3/t14-/m0/s1. The normalized spacial score (nSPS) is 12.6. The van der Waals surface area contributed by atoms with Crippen molar-refractivity contribution in [2.45, 2.75) is 26.4 Å². The van der Waals surface area contributed by atoms with Crippen molar-refractivity contribution in [3.05, 3.63) is 53.4 Å². The number of rotatable bonds is 5. The molecule has 0 bridgehead atoms. The first kappa shape index (κ1) is 14.9. The number of para-hydroxylation sites is 1. The van der Waals surface area contributed by atoms with E-state index in [1.807, 2.05) is 43.3 Å². The number of furan rings is 1. The highest BCUT2D eigenvalue weighted by atomic mass is 32.1.